The van der Waals surface area contributed by atoms with Crippen LogP contribution in [0.3, 0.4) is 0 Å². The zero-order valence-corrected chi connectivity index (χ0v) is 17.5. The van der Waals surface area contributed by atoms with Crippen molar-refractivity contribution in [2.75, 3.05) is 38.8 Å². The highest BCUT2D eigenvalue weighted by molar-refractivity contribution is 6.04. The predicted octanol–water partition coefficient (Wildman–Crippen LogP) is 2.87. The van der Waals surface area contributed by atoms with Crippen LogP contribution in [-0.2, 0) is 4.74 Å². The average Bonchev–Trinajstić information content (AvgIpc) is 2.78. The summed E-state index contributed by atoms with van der Waals surface area (Å²) >= 11 is 0. The molecular weight excluding hydrogens is 382 g/mol. The standard InChI is InChI=1S/C22H29N5O3/c1-4-24-13-6-14-25-16-30-22(27-23-2)17-9-11-19(12-10-17)26-21(28)18-7-5-8-20(15-18)29-3/h5,7-12,15,24-25H,2,4,6,13-14,16H2,1,3H3,(H,26,28)/b27-22-. The minimum Gasteiger partial charge on any atom is -0.497 e. The van der Waals surface area contributed by atoms with Crippen molar-refractivity contribution in [3.63, 3.8) is 0 Å². The third-order valence-electron chi connectivity index (χ3n) is 4.15. The van der Waals surface area contributed by atoms with Crippen LogP contribution in [0.4, 0.5) is 5.69 Å². The van der Waals surface area contributed by atoms with Gasteiger partial charge in [-0.3, -0.25) is 10.1 Å². The van der Waals surface area contributed by atoms with E-state index >= 15 is 0 Å². The molecule has 0 unspecified atom stereocenters. The average molecular weight is 412 g/mol. The topological polar surface area (TPSA) is 96.3 Å². The van der Waals surface area contributed by atoms with Crippen molar-refractivity contribution in [2.45, 2.75) is 13.3 Å². The molecule has 8 heteroatoms. The number of benzene rings is 2. The number of anilines is 1. The quantitative estimate of drug-likeness (QED) is 0.164. The van der Waals surface area contributed by atoms with E-state index in [-0.39, 0.29) is 5.91 Å². The molecule has 0 fully saturated rings. The van der Waals surface area contributed by atoms with E-state index in [2.05, 4.69) is 39.8 Å². The van der Waals surface area contributed by atoms with Gasteiger partial charge in [0.2, 0.25) is 5.90 Å². The van der Waals surface area contributed by atoms with Crippen molar-refractivity contribution in [1.29, 1.82) is 0 Å². The number of carbonyl (C=O) groups excluding carboxylic acids is 1. The van der Waals surface area contributed by atoms with E-state index in [1.807, 2.05) is 0 Å². The van der Waals surface area contributed by atoms with E-state index in [4.69, 9.17) is 9.47 Å². The third kappa shape index (κ3) is 7.65. The van der Waals surface area contributed by atoms with Crippen molar-refractivity contribution in [3.8, 4) is 5.75 Å². The predicted molar refractivity (Wildman–Crippen MR) is 121 cm³/mol. The number of hydrogen-bond donors (Lipinski definition) is 3. The van der Waals surface area contributed by atoms with Gasteiger partial charge in [0.1, 0.15) is 12.5 Å². The molecule has 0 aromatic heterocycles. The Kier molecular flexibility index (Phi) is 10.0. The fraction of sp³-hybridized carbons (Fsp3) is 0.318. The third-order valence-corrected chi connectivity index (χ3v) is 4.15. The fourth-order valence-electron chi connectivity index (χ4n) is 2.60. The van der Waals surface area contributed by atoms with Crippen LogP contribution in [-0.4, -0.2) is 52.0 Å². The summed E-state index contributed by atoms with van der Waals surface area (Å²) in [6.07, 6.45) is 1.01. The maximum atomic E-state index is 12.4. The zero-order chi connectivity index (χ0) is 21.6. The number of nitrogens with one attached hydrogen (secondary N) is 3. The van der Waals surface area contributed by atoms with E-state index in [9.17, 15) is 4.79 Å². The number of methoxy groups -OCH3 is 1. The maximum Gasteiger partial charge on any atom is 0.255 e. The Labute approximate surface area is 177 Å². The molecule has 2 aromatic rings. The second-order valence-electron chi connectivity index (χ2n) is 6.31. The number of nitrogens with zero attached hydrogens (tertiary/aromatic N) is 2. The number of rotatable bonds is 12. The van der Waals surface area contributed by atoms with E-state index in [1.165, 1.54) is 0 Å². The smallest absolute Gasteiger partial charge is 0.255 e. The zero-order valence-electron chi connectivity index (χ0n) is 17.5. The lowest BCUT2D eigenvalue weighted by Gasteiger charge is -2.11. The molecule has 2 rings (SSSR count). The summed E-state index contributed by atoms with van der Waals surface area (Å²) in [4.78, 5) is 12.4. The van der Waals surface area contributed by atoms with Crippen LogP contribution in [0.25, 0.3) is 0 Å². The highest BCUT2D eigenvalue weighted by atomic mass is 16.5. The highest BCUT2D eigenvalue weighted by Gasteiger charge is 2.09. The van der Waals surface area contributed by atoms with E-state index in [1.54, 1.807) is 55.6 Å². The molecule has 3 N–H and O–H groups in total. The Balaban J connectivity index is 1.90. The van der Waals surface area contributed by atoms with Crippen molar-refractivity contribution in [1.82, 2.24) is 10.6 Å². The normalized spacial score (nSPS) is 11.1. The minimum atomic E-state index is -0.221. The minimum absolute atomic E-state index is 0.221. The molecule has 0 saturated carbocycles. The van der Waals surface area contributed by atoms with Crippen LogP contribution >= 0.6 is 0 Å². The number of carbonyl (C=O) groups is 1. The number of ether oxygens (including phenoxy) is 2. The van der Waals surface area contributed by atoms with Gasteiger partial charge in [0.05, 0.1) is 7.11 Å². The summed E-state index contributed by atoms with van der Waals surface area (Å²) in [6.45, 7) is 8.55. The molecule has 30 heavy (non-hydrogen) atoms. The number of amides is 1. The van der Waals surface area contributed by atoms with Crippen LogP contribution in [0.1, 0.15) is 29.3 Å². The lowest BCUT2D eigenvalue weighted by atomic mass is 10.1. The molecule has 160 valence electrons. The van der Waals surface area contributed by atoms with Crippen molar-refractivity contribution < 1.29 is 14.3 Å². The molecule has 0 atom stereocenters. The van der Waals surface area contributed by atoms with E-state index in [0.717, 1.165) is 31.6 Å². The molecule has 1 amide bonds. The van der Waals surface area contributed by atoms with Crippen LogP contribution in [0, 0.1) is 0 Å². The summed E-state index contributed by atoms with van der Waals surface area (Å²) in [6, 6.07) is 14.1. The summed E-state index contributed by atoms with van der Waals surface area (Å²) in [7, 11) is 1.56. The van der Waals surface area contributed by atoms with Crippen molar-refractivity contribution in [2.24, 2.45) is 10.2 Å². The van der Waals surface area contributed by atoms with Gasteiger partial charge in [-0.2, -0.15) is 5.10 Å². The molecule has 0 spiro atoms. The van der Waals surface area contributed by atoms with E-state index < -0.39 is 0 Å². The van der Waals surface area contributed by atoms with Gasteiger partial charge in [-0.25, -0.2) is 0 Å². The summed E-state index contributed by atoms with van der Waals surface area (Å²) in [5.41, 5.74) is 1.90. The SMILES string of the molecule is C=N/N=C(\OCNCCCNCC)c1ccc(NC(=O)c2cccc(OC)c2)cc1. The van der Waals surface area contributed by atoms with Gasteiger partial charge in [0.15, 0.2) is 0 Å². The Morgan fingerprint density at radius 2 is 1.83 bits per heavy atom. The lowest BCUT2D eigenvalue weighted by Crippen LogP contribution is -2.25. The van der Waals surface area contributed by atoms with Crippen LogP contribution in [0.2, 0.25) is 0 Å². The first-order chi connectivity index (χ1) is 14.7. The molecule has 0 saturated heterocycles. The van der Waals surface area contributed by atoms with Gasteiger partial charge in [0, 0.05) is 23.5 Å². The maximum absolute atomic E-state index is 12.4. The summed E-state index contributed by atoms with van der Waals surface area (Å²) < 4.78 is 10.8. The molecule has 0 bridgehead atoms. The van der Waals surface area contributed by atoms with Gasteiger partial charge >= 0.3 is 0 Å². The Hall–Kier alpha value is -3.23. The molecule has 2 aromatic carbocycles. The summed E-state index contributed by atoms with van der Waals surface area (Å²) in [5, 5.41) is 16.8. The molecule has 0 heterocycles. The Bertz CT molecular complexity index is 837. The summed E-state index contributed by atoms with van der Waals surface area (Å²) in [5.74, 6) is 0.763. The van der Waals surface area contributed by atoms with Gasteiger partial charge in [0.25, 0.3) is 5.91 Å². The molecule has 0 aliphatic carbocycles. The molecule has 0 aliphatic heterocycles. The van der Waals surface area contributed by atoms with E-state index in [0.29, 0.717) is 29.6 Å². The lowest BCUT2D eigenvalue weighted by molar-refractivity contribution is 0.102. The second kappa shape index (κ2) is 13.1. The highest BCUT2D eigenvalue weighted by Crippen LogP contribution is 2.16. The molecule has 0 aliphatic rings. The van der Waals surface area contributed by atoms with Crippen LogP contribution in [0.5, 0.6) is 5.75 Å². The van der Waals surface area contributed by atoms with Crippen LogP contribution < -0.4 is 20.7 Å². The monoisotopic (exact) mass is 411 g/mol. The molecular formula is C22H29N5O3. The molecule has 8 nitrogen and oxygen atoms in total. The second-order valence-corrected chi connectivity index (χ2v) is 6.31. The van der Waals surface area contributed by atoms with Crippen molar-refractivity contribution >= 4 is 24.2 Å². The Morgan fingerprint density at radius 1 is 1.07 bits per heavy atom. The number of hydrogen-bond acceptors (Lipinski definition) is 7. The van der Waals surface area contributed by atoms with Gasteiger partial charge < -0.3 is 20.1 Å². The van der Waals surface area contributed by atoms with Gasteiger partial charge in [-0.05, 0) is 68.5 Å². The Morgan fingerprint density at radius 3 is 2.53 bits per heavy atom. The first kappa shape index (κ1) is 23.1. The first-order valence-electron chi connectivity index (χ1n) is 9.81. The van der Waals surface area contributed by atoms with Gasteiger partial charge in [-0.15, -0.1) is 5.10 Å². The largest absolute Gasteiger partial charge is 0.497 e. The first-order valence-corrected chi connectivity index (χ1v) is 9.81. The van der Waals surface area contributed by atoms with Gasteiger partial charge in [-0.1, -0.05) is 13.0 Å². The molecule has 0 radical (unpaired) electrons. The van der Waals surface area contributed by atoms with Crippen LogP contribution in [0.15, 0.2) is 58.7 Å². The fourth-order valence-corrected chi connectivity index (χ4v) is 2.60. The van der Waals surface area contributed by atoms with Crippen molar-refractivity contribution in [3.05, 3.63) is 59.7 Å².